The molecule has 0 amide bonds. The standard InChI is InChI=1S/C20H24N2O3/c1-25-18-7-5-15(6-8-18)19(14-17-4-2-3-11-21-17)22-12-9-16(10-13-22)20(23)24/h2-8,11,16,19H,9-10,12-14H2,1H3,(H,23,24). The summed E-state index contributed by atoms with van der Waals surface area (Å²) in [5.41, 5.74) is 2.25. The van der Waals surface area contributed by atoms with Gasteiger partial charge in [-0.25, -0.2) is 0 Å². The van der Waals surface area contributed by atoms with E-state index in [0.717, 1.165) is 31.0 Å². The van der Waals surface area contributed by atoms with Crippen LogP contribution in [0.2, 0.25) is 0 Å². The quantitative estimate of drug-likeness (QED) is 0.875. The normalized spacial score (nSPS) is 17.2. The summed E-state index contributed by atoms with van der Waals surface area (Å²) in [6, 6.07) is 14.3. The van der Waals surface area contributed by atoms with Crippen LogP contribution in [0.5, 0.6) is 5.75 Å². The summed E-state index contributed by atoms with van der Waals surface area (Å²) in [6.45, 7) is 1.58. The first-order chi connectivity index (χ1) is 12.2. The Labute approximate surface area is 148 Å². The molecule has 2 aromatic rings. The lowest BCUT2D eigenvalue weighted by atomic mass is 9.92. The van der Waals surface area contributed by atoms with Gasteiger partial charge in [0.1, 0.15) is 5.75 Å². The molecule has 0 bridgehead atoms. The van der Waals surface area contributed by atoms with Gasteiger partial charge in [0.05, 0.1) is 13.0 Å². The van der Waals surface area contributed by atoms with Crippen LogP contribution < -0.4 is 4.74 Å². The van der Waals surface area contributed by atoms with Crippen LogP contribution in [-0.2, 0) is 11.2 Å². The number of carboxylic acids is 1. The smallest absolute Gasteiger partial charge is 0.306 e. The number of ether oxygens (including phenoxy) is 1. The molecule has 1 N–H and O–H groups in total. The van der Waals surface area contributed by atoms with E-state index in [1.54, 1.807) is 7.11 Å². The second-order valence-corrected chi connectivity index (χ2v) is 6.46. The Bertz CT molecular complexity index is 680. The minimum absolute atomic E-state index is 0.190. The summed E-state index contributed by atoms with van der Waals surface area (Å²) >= 11 is 0. The lowest BCUT2D eigenvalue weighted by molar-refractivity contribution is -0.143. The molecule has 0 spiro atoms. The molecule has 1 aromatic carbocycles. The number of likely N-dealkylation sites (tertiary alicyclic amines) is 1. The van der Waals surface area contributed by atoms with E-state index in [1.807, 2.05) is 36.5 Å². The molecule has 0 radical (unpaired) electrons. The number of pyridine rings is 1. The van der Waals surface area contributed by atoms with E-state index in [0.29, 0.717) is 12.8 Å². The molecule has 132 valence electrons. The van der Waals surface area contributed by atoms with Crippen LogP contribution in [0.1, 0.15) is 30.1 Å². The second kappa shape index (κ2) is 8.12. The van der Waals surface area contributed by atoms with E-state index in [1.165, 1.54) is 5.56 Å². The number of hydrogen-bond acceptors (Lipinski definition) is 4. The van der Waals surface area contributed by atoms with Crippen molar-refractivity contribution in [2.75, 3.05) is 20.2 Å². The number of methoxy groups -OCH3 is 1. The van der Waals surface area contributed by atoms with Crippen LogP contribution >= 0.6 is 0 Å². The van der Waals surface area contributed by atoms with Crippen LogP contribution in [0, 0.1) is 5.92 Å². The van der Waals surface area contributed by atoms with E-state index < -0.39 is 5.97 Å². The Morgan fingerprint density at radius 2 is 1.96 bits per heavy atom. The molecule has 1 aliphatic heterocycles. The third-order valence-corrected chi connectivity index (χ3v) is 4.95. The average Bonchev–Trinajstić information content (AvgIpc) is 2.67. The monoisotopic (exact) mass is 340 g/mol. The summed E-state index contributed by atoms with van der Waals surface area (Å²) in [5.74, 6) is -0.0575. The number of carbonyl (C=O) groups is 1. The van der Waals surface area contributed by atoms with Gasteiger partial charge in [-0.3, -0.25) is 14.7 Å². The number of nitrogens with zero attached hydrogens (tertiary/aromatic N) is 2. The summed E-state index contributed by atoms with van der Waals surface area (Å²) in [5, 5.41) is 9.23. The predicted octanol–water partition coefficient (Wildman–Crippen LogP) is 3.17. The zero-order valence-electron chi connectivity index (χ0n) is 14.5. The molecule has 1 aliphatic rings. The summed E-state index contributed by atoms with van der Waals surface area (Å²) in [4.78, 5) is 18.1. The highest BCUT2D eigenvalue weighted by Gasteiger charge is 2.29. The van der Waals surface area contributed by atoms with Gasteiger partial charge in [0, 0.05) is 24.4 Å². The van der Waals surface area contributed by atoms with Gasteiger partial charge in [-0.05, 0) is 55.8 Å². The highest BCUT2D eigenvalue weighted by molar-refractivity contribution is 5.70. The molecule has 0 aliphatic carbocycles. The van der Waals surface area contributed by atoms with E-state index >= 15 is 0 Å². The van der Waals surface area contributed by atoms with Gasteiger partial charge < -0.3 is 9.84 Å². The van der Waals surface area contributed by atoms with Gasteiger partial charge >= 0.3 is 5.97 Å². The van der Waals surface area contributed by atoms with Gasteiger partial charge in [-0.15, -0.1) is 0 Å². The van der Waals surface area contributed by atoms with Crippen molar-refractivity contribution < 1.29 is 14.6 Å². The number of aromatic nitrogens is 1. The molecular weight excluding hydrogens is 316 g/mol. The van der Waals surface area contributed by atoms with E-state index in [4.69, 9.17) is 4.74 Å². The number of hydrogen-bond donors (Lipinski definition) is 1. The molecular formula is C20H24N2O3. The first-order valence-corrected chi connectivity index (χ1v) is 8.68. The van der Waals surface area contributed by atoms with Gasteiger partial charge in [-0.1, -0.05) is 18.2 Å². The number of aliphatic carboxylic acids is 1. The van der Waals surface area contributed by atoms with Crippen molar-refractivity contribution in [3.05, 3.63) is 59.9 Å². The fourth-order valence-corrected chi connectivity index (χ4v) is 3.46. The van der Waals surface area contributed by atoms with E-state index in [9.17, 15) is 9.90 Å². The van der Waals surface area contributed by atoms with Gasteiger partial charge in [0.25, 0.3) is 0 Å². The molecule has 1 unspecified atom stereocenters. The third kappa shape index (κ3) is 4.37. The molecule has 5 nitrogen and oxygen atoms in total. The zero-order chi connectivity index (χ0) is 17.6. The summed E-state index contributed by atoms with van der Waals surface area (Å²) < 4.78 is 5.26. The maximum Gasteiger partial charge on any atom is 0.306 e. The topological polar surface area (TPSA) is 62.7 Å². The molecule has 25 heavy (non-hydrogen) atoms. The largest absolute Gasteiger partial charge is 0.497 e. The third-order valence-electron chi connectivity index (χ3n) is 4.95. The maximum absolute atomic E-state index is 11.2. The lowest BCUT2D eigenvalue weighted by Crippen LogP contribution is -2.39. The van der Waals surface area contributed by atoms with Crippen molar-refractivity contribution in [1.82, 2.24) is 9.88 Å². The molecule has 5 heteroatoms. The lowest BCUT2D eigenvalue weighted by Gasteiger charge is -2.36. The maximum atomic E-state index is 11.2. The average molecular weight is 340 g/mol. The van der Waals surface area contributed by atoms with Crippen LogP contribution in [-0.4, -0.2) is 41.2 Å². The van der Waals surface area contributed by atoms with E-state index in [-0.39, 0.29) is 12.0 Å². The van der Waals surface area contributed by atoms with Crippen molar-refractivity contribution in [1.29, 1.82) is 0 Å². The minimum Gasteiger partial charge on any atom is -0.497 e. The Morgan fingerprint density at radius 1 is 1.24 bits per heavy atom. The van der Waals surface area contributed by atoms with Crippen LogP contribution in [0.15, 0.2) is 48.7 Å². The SMILES string of the molecule is COc1ccc(C(Cc2ccccn2)N2CCC(C(=O)O)CC2)cc1. The Kier molecular flexibility index (Phi) is 5.66. The fraction of sp³-hybridized carbons (Fsp3) is 0.400. The Hall–Kier alpha value is -2.40. The predicted molar refractivity (Wildman–Crippen MR) is 95.6 cm³/mol. The molecule has 1 fully saturated rings. The van der Waals surface area contributed by atoms with Gasteiger partial charge in [0.15, 0.2) is 0 Å². The number of rotatable bonds is 6. The molecule has 3 rings (SSSR count). The highest BCUT2D eigenvalue weighted by atomic mass is 16.5. The van der Waals surface area contributed by atoms with Gasteiger partial charge in [0.2, 0.25) is 0 Å². The summed E-state index contributed by atoms with van der Waals surface area (Å²) in [6.07, 6.45) is 4.02. The van der Waals surface area contributed by atoms with Crippen molar-refractivity contribution in [3.63, 3.8) is 0 Å². The number of benzene rings is 1. The van der Waals surface area contributed by atoms with E-state index in [2.05, 4.69) is 22.0 Å². The van der Waals surface area contributed by atoms with Crippen molar-refractivity contribution in [2.45, 2.75) is 25.3 Å². The van der Waals surface area contributed by atoms with Crippen molar-refractivity contribution in [2.24, 2.45) is 5.92 Å². The Balaban J connectivity index is 1.80. The van der Waals surface area contributed by atoms with Gasteiger partial charge in [-0.2, -0.15) is 0 Å². The fourth-order valence-electron chi connectivity index (χ4n) is 3.46. The second-order valence-electron chi connectivity index (χ2n) is 6.46. The van der Waals surface area contributed by atoms with Crippen LogP contribution in [0.4, 0.5) is 0 Å². The zero-order valence-corrected chi connectivity index (χ0v) is 14.5. The number of carboxylic acid groups (broad SMARTS) is 1. The molecule has 1 saturated heterocycles. The Morgan fingerprint density at radius 3 is 2.52 bits per heavy atom. The molecule has 1 atom stereocenters. The summed E-state index contributed by atoms with van der Waals surface area (Å²) in [7, 11) is 1.66. The first-order valence-electron chi connectivity index (χ1n) is 8.68. The number of piperidine rings is 1. The van der Waals surface area contributed by atoms with Crippen LogP contribution in [0.25, 0.3) is 0 Å². The van der Waals surface area contributed by atoms with Crippen LogP contribution in [0.3, 0.4) is 0 Å². The molecule has 0 saturated carbocycles. The van der Waals surface area contributed by atoms with Crippen molar-refractivity contribution >= 4 is 5.97 Å². The molecule has 2 heterocycles. The van der Waals surface area contributed by atoms with Crippen molar-refractivity contribution in [3.8, 4) is 5.75 Å². The molecule has 1 aromatic heterocycles. The first kappa shape index (κ1) is 17.4. The minimum atomic E-state index is -0.676. The highest BCUT2D eigenvalue weighted by Crippen LogP contribution is 2.30.